The van der Waals surface area contributed by atoms with Gasteiger partial charge in [-0.05, 0) is 43.3 Å². The van der Waals surface area contributed by atoms with E-state index in [4.69, 9.17) is 21.4 Å². The highest BCUT2D eigenvalue weighted by Gasteiger charge is 2.33. The number of nitrogens with zero attached hydrogens (tertiary/aromatic N) is 3. The van der Waals surface area contributed by atoms with E-state index in [1.165, 1.54) is 16.8 Å². The number of para-hydroxylation sites is 1. The molecular formula is C22H24FN3O4S2. The number of aromatic nitrogens is 2. The molecule has 0 spiro atoms. The smallest absolute Gasteiger partial charge is 0.288 e. The monoisotopic (exact) mass is 477 g/mol. The Labute approximate surface area is 191 Å². The van der Waals surface area contributed by atoms with E-state index in [1.807, 2.05) is 35.2 Å². The number of hydrogen-bond donors (Lipinski definition) is 0. The van der Waals surface area contributed by atoms with E-state index in [9.17, 15) is 12.8 Å². The Hall–Kier alpha value is -2.56. The molecule has 10 heteroatoms. The van der Waals surface area contributed by atoms with Gasteiger partial charge in [-0.3, -0.25) is 4.90 Å². The van der Waals surface area contributed by atoms with Gasteiger partial charge in [-0.1, -0.05) is 42.5 Å². The van der Waals surface area contributed by atoms with E-state index in [2.05, 4.69) is 5.10 Å². The summed E-state index contributed by atoms with van der Waals surface area (Å²) in [6.07, 6.45) is -0.107. The van der Waals surface area contributed by atoms with Gasteiger partial charge in [0.15, 0.2) is 27.5 Å². The lowest BCUT2D eigenvalue weighted by atomic mass is 10.1. The molecule has 32 heavy (non-hydrogen) atoms. The highest BCUT2D eigenvalue weighted by molar-refractivity contribution is 7.91. The third-order valence-corrected chi connectivity index (χ3v) is 7.42. The van der Waals surface area contributed by atoms with Crippen LogP contribution in [-0.2, 0) is 23.1 Å². The molecule has 170 valence electrons. The van der Waals surface area contributed by atoms with Crippen LogP contribution in [-0.4, -0.2) is 40.6 Å². The summed E-state index contributed by atoms with van der Waals surface area (Å²) in [7, 11) is -3.06. The van der Waals surface area contributed by atoms with Crippen LogP contribution in [0.2, 0.25) is 0 Å². The predicted octanol–water partition coefficient (Wildman–Crippen LogP) is 4.13. The maximum Gasteiger partial charge on any atom is 0.288 e. The Balaban J connectivity index is 1.54. The second-order valence-corrected chi connectivity index (χ2v) is 10.4. The standard InChI is InChI=1S/C22H24FN3O4S2/c1-16(29-20-10-6-5-9-19(20)23)21-24-26(22(31)30-21)15-25(13-17-7-3-2-4-8-17)18-11-12-32(27,28)14-18/h2-10,16,18H,11-15H2,1H3/t16-,18+/m1/s1. The zero-order chi connectivity index (χ0) is 22.7. The summed E-state index contributed by atoms with van der Waals surface area (Å²) in [5.74, 6) is 0.111. The Morgan fingerprint density at radius 2 is 1.97 bits per heavy atom. The van der Waals surface area contributed by atoms with E-state index in [0.717, 1.165) is 5.56 Å². The van der Waals surface area contributed by atoms with Crippen LogP contribution in [0.5, 0.6) is 5.75 Å². The molecule has 1 fully saturated rings. The third kappa shape index (κ3) is 5.43. The highest BCUT2D eigenvalue weighted by atomic mass is 32.2. The molecule has 1 saturated heterocycles. The summed E-state index contributed by atoms with van der Waals surface area (Å²) >= 11 is 5.34. The first kappa shape index (κ1) is 22.6. The second-order valence-electron chi connectivity index (χ2n) is 7.83. The first-order chi connectivity index (χ1) is 15.3. The van der Waals surface area contributed by atoms with Gasteiger partial charge in [0.2, 0.25) is 0 Å². The molecule has 0 unspecified atom stereocenters. The van der Waals surface area contributed by atoms with Crippen molar-refractivity contribution in [3.8, 4) is 5.75 Å². The van der Waals surface area contributed by atoms with Crippen molar-refractivity contribution in [2.24, 2.45) is 0 Å². The lowest BCUT2D eigenvalue weighted by Gasteiger charge is -2.27. The average molecular weight is 478 g/mol. The fourth-order valence-electron chi connectivity index (χ4n) is 3.71. The van der Waals surface area contributed by atoms with Crippen molar-refractivity contribution in [1.82, 2.24) is 14.7 Å². The Bertz CT molecular complexity index is 1230. The van der Waals surface area contributed by atoms with Gasteiger partial charge in [0.25, 0.3) is 10.7 Å². The molecular weight excluding hydrogens is 453 g/mol. The van der Waals surface area contributed by atoms with Crippen LogP contribution in [0.1, 0.15) is 30.9 Å². The summed E-state index contributed by atoms with van der Waals surface area (Å²) in [4.78, 5) is 2.19. The minimum atomic E-state index is -3.06. The van der Waals surface area contributed by atoms with Crippen LogP contribution in [0.25, 0.3) is 0 Å². The molecule has 1 aromatic heterocycles. The second kappa shape index (κ2) is 9.51. The number of halogens is 1. The van der Waals surface area contributed by atoms with E-state index in [-0.39, 0.29) is 40.7 Å². The normalized spacial score (nSPS) is 18.7. The number of rotatable bonds is 8. The van der Waals surface area contributed by atoms with Gasteiger partial charge >= 0.3 is 0 Å². The van der Waals surface area contributed by atoms with Crippen molar-refractivity contribution >= 4 is 22.1 Å². The van der Waals surface area contributed by atoms with Crippen LogP contribution in [0.4, 0.5) is 4.39 Å². The zero-order valence-electron chi connectivity index (χ0n) is 17.6. The fraction of sp³-hybridized carbons (Fsp3) is 0.364. The Morgan fingerprint density at radius 3 is 2.66 bits per heavy atom. The summed E-state index contributed by atoms with van der Waals surface area (Å²) in [5.41, 5.74) is 1.06. The molecule has 0 N–H and O–H groups in total. The van der Waals surface area contributed by atoms with Crippen LogP contribution in [0, 0.1) is 10.7 Å². The van der Waals surface area contributed by atoms with Gasteiger partial charge in [-0.25, -0.2) is 17.5 Å². The molecule has 2 heterocycles. The number of sulfone groups is 1. The number of hydrogen-bond acceptors (Lipinski definition) is 7. The van der Waals surface area contributed by atoms with Gasteiger partial charge < -0.3 is 9.15 Å². The fourth-order valence-corrected chi connectivity index (χ4v) is 5.65. The molecule has 0 aliphatic carbocycles. The molecule has 2 atom stereocenters. The first-order valence-electron chi connectivity index (χ1n) is 10.3. The van der Waals surface area contributed by atoms with Crippen LogP contribution < -0.4 is 4.74 Å². The molecule has 1 aliphatic heterocycles. The quantitative estimate of drug-likeness (QED) is 0.452. The van der Waals surface area contributed by atoms with Gasteiger partial charge in [0, 0.05) is 12.6 Å². The maximum atomic E-state index is 13.9. The van der Waals surface area contributed by atoms with Crippen LogP contribution >= 0.6 is 12.2 Å². The summed E-state index contributed by atoms with van der Waals surface area (Å²) in [6, 6.07) is 15.8. The van der Waals surface area contributed by atoms with Gasteiger partial charge in [-0.2, -0.15) is 0 Å². The summed E-state index contributed by atoms with van der Waals surface area (Å²) < 4.78 is 50.8. The van der Waals surface area contributed by atoms with Crippen molar-refractivity contribution in [2.45, 2.75) is 38.7 Å². The Kier molecular flexibility index (Phi) is 6.73. The lowest BCUT2D eigenvalue weighted by molar-refractivity contribution is 0.144. The van der Waals surface area contributed by atoms with Crippen molar-refractivity contribution in [2.75, 3.05) is 11.5 Å². The lowest BCUT2D eigenvalue weighted by Crippen LogP contribution is -2.37. The molecule has 0 saturated carbocycles. The summed E-state index contributed by atoms with van der Waals surface area (Å²) in [6.45, 7) is 2.51. The van der Waals surface area contributed by atoms with E-state index < -0.39 is 21.8 Å². The third-order valence-electron chi connectivity index (χ3n) is 5.38. The predicted molar refractivity (Wildman–Crippen MR) is 120 cm³/mol. The minimum Gasteiger partial charge on any atom is -0.478 e. The van der Waals surface area contributed by atoms with Gasteiger partial charge in [0.05, 0.1) is 18.2 Å². The van der Waals surface area contributed by atoms with Crippen LogP contribution in [0.15, 0.2) is 59.0 Å². The molecule has 7 nitrogen and oxygen atoms in total. The minimum absolute atomic E-state index is 0.0949. The Morgan fingerprint density at radius 1 is 1.25 bits per heavy atom. The summed E-state index contributed by atoms with van der Waals surface area (Å²) in [5, 5.41) is 4.43. The maximum absolute atomic E-state index is 13.9. The molecule has 0 bridgehead atoms. The average Bonchev–Trinajstić information content (AvgIpc) is 3.32. The highest BCUT2D eigenvalue weighted by Crippen LogP contribution is 2.25. The van der Waals surface area contributed by atoms with Gasteiger partial charge in [-0.15, -0.1) is 5.10 Å². The molecule has 3 aromatic rings. The van der Waals surface area contributed by atoms with Gasteiger partial charge in [0.1, 0.15) is 0 Å². The van der Waals surface area contributed by atoms with E-state index in [0.29, 0.717) is 13.0 Å². The largest absolute Gasteiger partial charge is 0.478 e. The molecule has 0 amide bonds. The number of ether oxygens (including phenoxy) is 1. The van der Waals surface area contributed by atoms with E-state index in [1.54, 1.807) is 19.1 Å². The molecule has 2 aromatic carbocycles. The van der Waals surface area contributed by atoms with Crippen molar-refractivity contribution in [1.29, 1.82) is 0 Å². The van der Waals surface area contributed by atoms with Crippen molar-refractivity contribution in [3.05, 3.63) is 76.7 Å². The zero-order valence-corrected chi connectivity index (χ0v) is 19.2. The SMILES string of the molecule is C[C@@H](Oc1ccccc1F)c1nn(CN(Cc2ccccc2)[C@H]2CCS(=O)(=O)C2)c(=S)o1. The molecule has 0 radical (unpaired) electrons. The van der Waals surface area contributed by atoms with Crippen molar-refractivity contribution < 1.29 is 22.0 Å². The molecule has 1 aliphatic rings. The van der Waals surface area contributed by atoms with Crippen LogP contribution in [0.3, 0.4) is 0 Å². The first-order valence-corrected chi connectivity index (χ1v) is 12.5. The number of benzene rings is 2. The van der Waals surface area contributed by atoms with E-state index >= 15 is 0 Å². The van der Waals surface area contributed by atoms with Crippen molar-refractivity contribution in [3.63, 3.8) is 0 Å². The topological polar surface area (TPSA) is 77.6 Å². The molecule has 4 rings (SSSR count).